The normalized spacial score (nSPS) is 12.5. The Morgan fingerprint density at radius 3 is 0.857 bits per heavy atom. The average molecular weight is 387 g/mol. The Morgan fingerprint density at radius 2 is 0.714 bits per heavy atom. The number of rotatable bonds is 5. The van der Waals surface area contributed by atoms with Gasteiger partial charge in [-0.15, -0.1) is 0 Å². The lowest BCUT2D eigenvalue weighted by atomic mass is 9.78. The Morgan fingerprint density at radius 1 is 0.500 bits per heavy atom. The molecule has 2 rings (SSSR count). The molecule has 0 aliphatic carbocycles. The van der Waals surface area contributed by atoms with E-state index in [9.17, 15) is 20.4 Å². The van der Waals surface area contributed by atoms with Crippen LogP contribution in [0.5, 0.6) is 0 Å². The Balaban J connectivity index is 2.90. The Kier molecular flexibility index (Phi) is 6.72. The van der Waals surface area contributed by atoms with Crippen LogP contribution in [0.25, 0.3) is 11.1 Å². The first-order chi connectivity index (χ1) is 13.0. The van der Waals surface area contributed by atoms with E-state index in [0.29, 0.717) is 33.4 Å². The number of aliphatic hydroxyl groups is 4. The van der Waals surface area contributed by atoms with E-state index in [-0.39, 0.29) is 37.3 Å². The fraction of sp³-hybridized carbons (Fsp3) is 0.500. The minimum absolute atomic E-state index is 0.137. The third kappa shape index (κ3) is 4.47. The number of aliphatic hydroxyl groups excluding tert-OH is 4. The van der Waals surface area contributed by atoms with Crippen molar-refractivity contribution in [2.75, 3.05) is 0 Å². The van der Waals surface area contributed by atoms with Crippen molar-refractivity contribution in [1.82, 2.24) is 0 Å². The smallest absolute Gasteiger partial charge is 0.0688 e. The molecule has 0 amide bonds. The molecule has 0 atom stereocenters. The lowest BCUT2D eigenvalue weighted by molar-refractivity contribution is 0.271. The molecule has 0 bridgehead atoms. The first-order valence-electron chi connectivity index (χ1n) is 9.74. The second-order valence-electron chi connectivity index (χ2n) is 9.47. The maximum atomic E-state index is 10.1. The van der Waals surface area contributed by atoms with Crippen LogP contribution in [0.15, 0.2) is 24.3 Å². The van der Waals surface area contributed by atoms with Crippen LogP contribution < -0.4 is 0 Å². The highest BCUT2D eigenvalue weighted by Crippen LogP contribution is 2.39. The lowest BCUT2D eigenvalue weighted by Gasteiger charge is -2.27. The maximum Gasteiger partial charge on any atom is 0.0688 e. The van der Waals surface area contributed by atoms with Gasteiger partial charge in [0.05, 0.1) is 26.4 Å². The van der Waals surface area contributed by atoms with Crippen molar-refractivity contribution in [3.8, 4) is 11.1 Å². The number of hydrogen-bond donors (Lipinski definition) is 4. The number of hydrogen-bond acceptors (Lipinski definition) is 4. The highest BCUT2D eigenvalue weighted by Gasteiger charge is 2.24. The zero-order valence-electron chi connectivity index (χ0n) is 17.9. The summed E-state index contributed by atoms with van der Waals surface area (Å²) in [5.74, 6) is 0. The second kappa shape index (κ2) is 8.34. The van der Waals surface area contributed by atoms with E-state index in [1.54, 1.807) is 0 Å². The van der Waals surface area contributed by atoms with Crippen molar-refractivity contribution in [1.29, 1.82) is 0 Å². The SMILES string of the molecule is CC(C)(C)c1cc(CO)c(-c2c(CO)cc(C(C)(C)C)cc2CO)c(CO)c1. The predicted octanol–water partition coefficient (Wildman–Crippen LogP) is 3.92. The van der Waals surface area contributed by atoms with Crippen LogP contribution in [0.1, 0.15) is 74.9 Å². The molecule has 0 radical (unpaired) electrons. The summed E-state index contributed by atoms with van der Waals surface area (Å²) < 4.78 is 0. The molecule has 2 aromatic carbocycles. The van der Waals surface area contributed by atoms with Gasteiger partial charge in [0, 0.05) is 0 Å². The first-order valence-corrected chi connectivity index (χ1v) is 9.74. The zero-order valence-corrected chi connectivity index (χ0v) is 17.9. The van der Waals surface area contributed by atoms with Gasteiger partial charge < -0.3 is 20.4 Å². The molecule has 154 valence electrons. The fourth-order valence-electron chi connectivity index (χ4n) is 3.54. The summed E-state index contributed by atoms with van der Waals surface area (Å²) in [4.78, 5) is 0. The first kappa shape index (κ1) is 22.6. The minimum atomic E-state index is -0.191. The van der Waals surface area contributed by atoms with Crippen LogP contribution in [0, 0.1) is 0 Å². The summed E-state index contributed by atoms with van der Waals surface area (Å²) in [7, 11) is 0. The van der Waals surface area contributed by atoms with Gasteiger partial charge in [-0.05, 0) is 55.3 Å². The monoisotopic (exact) mass is 386 g/mol. The third-order valence-electron chi connectivity index (χ3n) is 5.27. The highest BCUT2D eigenvalue weighted by molar-refractivity contribution is 5.78. The maximum absolute atomic E-state index is 10.1. The molecule has 4 nitrogen and oxygen atoms in total. The Labute approximate surface area is 168 Å². The van der Waals surface area contributed by atoms with Crippen LogP contribution in [0.2, 0.25) is 0 Å². The van der Waals surface area contributed by atoms with Gasteiger partial charge in [-0.1, -0.05) is 65.8 Å². The van der Waals surface area contributed by atoms with Crippen LogP contribution >= 0.6 is 0 Å². The summed E-state index contributed by atoms with van der Waals surface area (Å²) >= 11 is 0. The third-order valence-corrected chi connectivity index (χ3v) is 5.27. The van der Waals surface area contributed by atoms with Gasteiger partial charge in [0.2, 0.25) is 0 Å². The molecule has 28 heavy (non-hydrogen) atoms. The van der Waals surface area contributed by atoms with E-state index >= 15 is 0 Å². The van der Waals surface area contributed by atoms with E-state index < -0.39 is 0 Å². The average Bonchev–Trinajstić information content (AvgIpc) is 2.64. The molecule has 4 heteroatoms. The summed E-state index contributed by atoms with van der Waals surface area (Å²) in [5.41, 5.74) is 5.91. The topological polar surface area (TPSA) is 80.9 Å². The molecule has 0 fully saturated rings. The van der Waals surface area contributed by atoms with Gasteiger partial charge in [0.1, 0.15) is 0 Å². The second-order valence-corrected chi connectivity index (χ2v) is 9.47. The molecule has 0 heterocycles. The summed E-state index contributed by atoms with van der Waals surface area (Å²) in [6.07, 6.45) is 0. The molecule has 0 unspecified atom stereocenters. The Bertz CT molecular complexity index is 717. The molecule has 0 aliphatic heterocycles. The summed E-state index contributed by atoms with van der Waals surface area (Å²) in [6.45, 7) is 11.7. The highest BCUT2D eigenvalue weighted by atomic mass is 16.3. The molecular formula is C24H34O4. The Hall–Kier alpha value is -1.72. The zero-order chi connectivity index (χ0) is 21.3. The van der Waals surface area contributed by atoms with Crippen molar-refractivity contribution in [2.45, 2.75) is 78.8 Å². The minimum Gasteiger partial charge on any atom is -0.392 e. The summed E-state index contributed by atoms with van der Waals surface area (Å²) in [5, 5.41) is 40.4. The fourth-order valence-corrected chi connectivity index (χ4v) is 3.54. The standard InChI is InChI=1S/C24H34O4/c1-23(2,3)19-7-15(11-25)21(16(8-19)12-26)22-17(13-27)9-20(24(4,5)6)10-18(22)14-28/h7-10,25-28H,11-14H2,1-6H3. The van der Waals surface area contributed by atoms with Crippen molar-refractivity contribution in [3.63, 3.8) is 0 Å². The molecule has 0 spiro atoms. The van der Waals surface area contributed by atoms with Crippen molar-refractivity contribution in [2.24, 2.45) is 0 Å². The van der Waals surface area contributed by atoms with Crippen LogP contribution in [0.4, 0.5) is 0 Å². The van der Waals surface area contributed by atoms with Crippen molar-refractivity contribution >= 4 is 0 Å². The van der Waals surface area contributed by atoms with Gasteiger partial charge in [0.25, 0.3) is 0 Å². The van der Waals surface area contributed by atoms with E-state index in [4.69, 9.17) is 0 Å². The van der Waals surface area contributed by atoms with E-state index in [1.807, 2.05) is 24.3 Å². The number of benzene rings is 2. The van der Waals surface area contributed by atoms with Crippen LogP contribution in [-0.4, -0.2) is 20.4 Å². The molecule has 2 aromatic rings. The predicted molar refractivity (Wildman–Crippen MR) is 113 cm³/mol. The largest absolute Gasteiger partial charge is 0.392 e. The van der Waals surface area contributed by atoms with Gasteiger partial charge >= 0.3 is 0 Å². The molecular weight excluding hydrogens is 352 g/mol. The van der Waals surface area contributed by atoms with Gasteiger partial charge in [-0.2, -0.15) is 0 Å². The molecule has 0 saturated heterocycles. The quantitative estimate of drug-likeness (QED) is 0.628. The summed E-state index contributed by atoms with van der Waals surface area (Å²) in [6, 6.07) is 7.81. The van der Waals surface area contributed by atoms with E-state index in [2.05, 4.69) is 41.5 Å². The molecule has 4 N–H and O–H groups in total. The van der Waals surface area contributed by atoms with E-state index in [1.165, 1.54) is 0 Å². The van der Waals surface area contributed by atoms with Crippen LogP contribution in [-0.2, 0) is 37.3 Å². The van der Waals surface area contributed by atoms with Crippen molar-refractivity contribution in [3.05, 3.63) is 57.6 Å². The van der Waals surface area contributed by atoms with Gasteiger partial charge in [-0.25, -0.2) is 0 Å². The lowest BCUT2D eigenvalue weighted by Crippen LogP contribution is -2.15. The molecule has 0 aliphatic rings. The van der Waals surface area contributed by atoms with Gasteiger partial charge in [-0.3, -0.25) is 0 Å². The molecule has 0 saturated carbocycles. The molecule has 0 aromatic heterocycles. The van der Waals surface area contributed by atoms with Crippen molar-refractivity contribution < 1.29 is 20.4 Å². The van der Waals surface area contributed by atoms with E-state index in [0.717, 1.165) is 11.1 Å². The van der Waals surface area contributed by atoms with Crippen LogP contribution in [0.3, 0.4) is 0 Å². The van der Waals surface area contributed by atoms with Gasteiger partial charge in [0.15, 0.2) is 0 Å².